The molecule has 0 radical (unpaired) electrons. The molecule has 1 atom stereocenters. The number of amides is 2. The molecule has 9 heteroatoms. The van der Waals surface area contributed by atoms with Gasteiger partial charge in [-0.3, -0.25) is 14.6 Å². The monoisotopic (exact) mass is 446 g/mol. The number of carbonyl (C=O) groups is 2. The fraction of sp³-hybridized carbons (Fsp3) is 0.333. The quantitative estimate of drug-likeness (QED) is 0.638. The summed E-state index contributed by atoms with van der Waals surface area (Å²) in [4.78, 5) is 45.2. The van der Waals surface area contributed by atoms with Gasteiger partial charge in [-0.25, -0.2) is 15.0 Å². The molecule has 1 N–H and O–H groups in total. The van der Waals surface area contributed by atoms with E-state index in [4.69, 9.17) is 4.74 Å². The highest BCUT2D eigenvalue weighted by atomic mass is 16.5. The lowest BCUT2D eigenvalue weighted by molar-refractivity contribution is 0.0592. The van der Waals surface area contributed by atoms with Gasteiger partial charge in [-0.15, -0.1) is 0 Å². The zero-order valence-electron chi connectivity index (χ0n) is 18.9. The van der Waals surface area contributed by atoms with Gasteiger partial charge in [0.25, 0.3) is 11.8 Å². The first-order valence-corrected chi connectivity index (χ1v) is 10.9. The number of anilines is 1. The van der Waals surface area contributed by atoms with E-state index in [1.54, 1.807) is 37.3 Å². The van der Waals surface area contributed by atoms with Crippen LogP contribution in [0.1, 0.15) is 63.4 Å². The van der Waals surface area contributed by atoms with E-state index in [1.807, 2.05) is 19.1 Å². The third kappa shape index (κ3) is 4.82. The number of benzene rings is 1. The number of rotatable bonds is 5. The topological polar surface area (TPSA) is 110 Å². The van der Waals surface area contributed by atoms with Gasteiger partial charge in [0, 0.05) is 18.9 Å². The lowest BCUT2D eigenvalue weighted by Gasteiger charge is -2.34. The number of nitrogens with zero attached hydrogens (tertiary/aromatic N) is 5. The van der Waals surface area contributed by atoms with Crippen LogP contribution in [0.5, 0.6) is 5.75 Å². The van der Waals surface area contributed by atoms with Gasteiger partial charge in [0.05, 0.1) is 42.0 Å². The number of para-hydroxylation sites is 2. The van der Waals surface area contributed by atoms with Crippen LogP contribution < -0.4 is 10.1 Å². The van der Waals surface area contributed by atoms with Gasteiger partial charge >= 0.3 is 0 Å². The first-order valence-electron chi connectivity index (χ1n) is 10.9. The maximum absolute atomic E-state index is 13.1. The maximum atomic E-state index is 13.1. The Morgan fingerprint density at radius 1 is 1.06 bits per heavy atom. The Labute approximate surface area is 192 Å². The fourth-order valence-electron chi connectivity index (χ4n) is 3.90. The predicted octanol–water partition coefficient (Wildman–Crippen LogP) is 3.51. The van der Waals surface area contributed by atoms with Gasteiger partial charge in [-0.05, 0) is 45.2 Å². The van der Waals surface area contributed by atoms with Gasteiger partial charge in [0.2, 0.25) is 0 Å². The molecule has 0 spiro atoms. The Morgan fingerprint density at radius 3 is 2.61 bits per heavy atom. The first kappa shape index (κ1) is 22.3. The molecular formula is C24H26N6O3. The molecule has 2 aromatic heterocycles. The van der Waals surface area contributed by atoms with Gasteiger partial charge in [0.15, 0.2) is 5.82 Å². The highest BCUT2D eigenvalue weighted by molar-refractivity contribution is 6.05. The second kappa shape index (κ2) is 9.72. The molecule has 0 aliphatic carbocycles. The zero-order chi connectivity index (χ0) is 23.4. The van der Waals surface area contributed by atoms with Crippen LogP contribution in [0.15, 0.2) is 42.9 Å². The molecule has 2 amide bonds. The summed E-state index contributed by atoms with van der Waals surface area (Å²) in [5.74, 6) is 0.576. The molecule has 0 bridgehead atoms. The van der Waals surface area contributed by atoms with E-state index in [1.165, 1.54) is 12.4 Å². The summed E-state index contributed by atoms with van der Waals surface area (Å²) < 4.78 is 5.29. The third-order valence-electron chi connectivity index (χ3n) is 5.66. The van der Waals surface area contributed by atoms with E-state index < -0.39 is 0 Å². The van der Waals surface area contributed by atoms with E-state index in [0.717, 1.165) is 25.0 Å². The zero-order valence-corrected chi connectivity index (χ0v) is 18.9. The minimum atomic E-state index is -0.324. The van der Waals surface area contributed by atoms with Crippen molar-refractivity contribution in [3.05, 3.63) is 71.3 Å². The number of methoxy groups -OCH3 is 1. The maximum Gasteiger partial charge on any atom is 0.274 e. The van der Waals surface area contributed by atoms with Gasteiger partial charge in [-0.2, -0.15) is 0 Å². The summed E-state index contributed by atoms with van der Waals surface area (Å²) in [5.41, 5.74) is 2.53. The number of aromatic nitrogens is 4. The van der Waals surface area contributed by atoms with E-state index in [2.05, 4.69) is 25.3 Å². The SMILES string of the molecule is COc1ccccc1NC(=O)c1cnc([C@@H]2CCCCN2C(=O)c2cnc(C)cn2)nc1C. The summed E-state index contributed by atoms with van der Waals surface area (Å²) in [6, 6.07) is 6.91. The van der Waals surface area contributed by atoms with Crippen LogP contribution >= 0.6 is 0 Å². The normalized spacial score (nSPS) is 15.7. The van der Waals surface area contributed by atoms with Crippen molar-refractivity contribution in [3.8, 4) is 5.75 Å². The number of piperidine rings is 1. The standard InChI is InChI=1S/C24H26N6O3/c1-15-12-26-19(14-25-15)24(32)30-11-7-6-9-20(30)22-27-13-17(16(2)28-22)23(31)29-18-8-4-5-10-21(18)33-3/h4-5,8,10,12-14,20H,6-7,9,11H2,1-3H3,(H,29,31)/t20-/m0/s1. The Bertz CT molecular complexity index is 1170. The highest BCUT2D eigenvalue weighted by Gasteiger charge is 2.32. The summed E-state index contributed by atoms with van der Waals surface area (Å²) in [6.07, 6.45) is 7.22. The number of ether oxygens (including phenoxy) is 1. The Kier molecular flexibility index (Phi) is 6.58. The first-order chi connectivity index (χ1) is 16.0. The van der Waals surface area contributed by atoms with Crippen LogP contribution in [0.25, 0.3) is 0 Å². The molecule has 0 unspecified atom stereocenters. The molecule has 1 aromatic carbocycles. The molecule has 4 rings (SSSR count). The fourth-order valence-corrected chi connectivity index (χ4v) is 3.90. The number of carbonyl (C=O) groups excluding carboxylic acids is 2. The second-order valence-corrected chi connectivity index (χ2v) is 7.93. The molecule has 1 fully saturated rings. The number of hydrogen-bond donors (Lipinski definition) is 1. The summed E-state index contributed by atoms with van der Waals surface area (Å²) >= 11 is 0. The van der Waals surface area contributed by atoms with Crippen molar-refractivity contribution in [2.24, 2.45) is 0 Å². The summed E-state index contributed by atoms with van der Waals surface area (Å²) in [6.45, 7) is 4.19. The minimum absolute atomic E-state index is 0.188. The molecule has 0 saturated carbocycles. The summed E-state index contributed by atoms with van der Waals surface area (Å²) in [5, 5.41) is 2.85. The molecular weight excluding hydrogens is 420 g/mol. The van der Waals surface area contributed by atoms with Crippen LogP contribution in [-0.4, -0.2) is 50.3 Å². The van der Waals surface area contributed by atoms with Crippen molar-refractivity contribution < 1.29 is 14.3 Å². The average Bonchev–Trinajstić information content (AvgIpc) is 2.84. The number of aryl methyl sites for hydroxylation is 2. The lowest BCUT2D eigenvalue weighted by atomic mass is 10.0. The third-order valence-corrected chi connectivity index (χ3v) is 5.66. The van der Waals surface area contributed by atoms with Crippen molar-refractivity contribution in [2.45, 2.75) is 39.2 Å². The Balaban J connectivity index is 1.56. The second-order valence-electron chi connectivity index (χ2n) is 7.93. The Hall–Kier alpha value is -3.88. The largest absolute Gasteiger partial charge is 0.495 e. The van der Waals surface area contributed by atoms with Crippen molar-refractivity contribution in [1.82, 2.24) is 24.8 Å². The highest BCUT2D eigenvalue weighted by Crippen LogP contribution is 2.30. The number of hydrogen-bond acceptors (Lipinski definition) is 7. The smallest absolute Gasteiger partial charge is 0.274 e. The molecule has 1 saturated heterocycles. The van der Waals surface area contributed by atoms with E-state index in [9.17, 15) is 9.59 Å². The van der Waals surface area contributed by atoms with Crippen LogP contribution in [-0.2, 0) is 0 Å². The lowest BCUT2D eigenvalue weighted by Crippen LogP contribution is -2.39. The van der Waals surface area contributed by atoms with Crippen molar-refractivity contribution in [1.29, 1.82) is 0 Å². The number of nitrogens with one attached hydrogen (secondary N) is 1. The van der Waals surface area contributed by atoms with Gasteiger partial charge < -0.3 is 15.0 Å². The van der Waals surface area contributed by atoms with Crippen LogP contribution in [0.2, 0.25) is 0 Å². The van der Waals surface area contributed by atoms with Crippen molar-refractivity contribution >= 4 is 17.5 Å². The Morgan fingerprint density at radius 2 is 1.88 bits per heavy atom. The van der Waals surface area contributed by atoms with Crippen molar-refractivity contribution in [3.63, 3.8) is 0 Å². The molecule has 9 nitrogen and oxygen atoms in total. The minimum Gasteiger partial charge on any atom is -0.495 e. The van der Waals surface area contributed by atoms with Crippen LogP contribution in [0.4, 0.5) is 5.69 Å². The van der Waals surface area contributed by atoms with Crippen molar-refractivity contribution in [2.75, 3.05) is 19.0 Å². The average molecular weight is 447 g/mol. The van der Waals surface area contributed by atoms with E-state index in [-0.39, 0.29) is 17.9 Å². The molecule has 3 aromatic rings. The molecule has 1 aliphatic heterocycles. The van der Waals surface area contributed by atoms with Crippen LogP contribution in [0, 0.1) is 13.8 Å². The molecule has 3 heterocycles. The number of likely N-dealkylation sites (tertiary alicyclic amines) is 1. The van der Waals surface area contributed by atoms with Crippen LogP contribution in [0.3, 0.4) is 0 Å². The van der Waals surface area contributed by atoms with E-state index >= 15 is 0 Å². The van der Waals surface area contributed by atoms with Gasteiger partial charge in [0.1, 0.15) is 11.4 Å². The molecule has 1 aliphatic rings. The van der Waals surface area contributed by atoms with Gasteiger partial charge in [-0.1, -0.05) is 12.1 Å². The summed E-state index contributed by atoms with van der Waals surface area (Å²) in [7, 11) is 1.55. The predicted molar refractivity (Wildman–Crippen MR) is 122 cm³/mol. The van der Waals surface area contributed by atoms with E-state index in [0.29, 0.717) is 40.8 Å². The molecule has 170 valence electrons. The molecule has 33 heavy (non-hydrogen) atoms.